The Morgan fingerprint density at radius 2 is 1.17 bits per heavy atom. The number of carbonyl (C=O) groups excluding carboxylic acids is 4. The van der Waals surface area contributed by atoms with Crippen molar-refractivity contribution in [2.75, 3.05) is 0 Å². The van der Waals surface area contributed by atoms with Crippen molar-refractivity contribution >= 4 is 23.1 Å². The molecule has 0 aromatic rings. The van der Waals surface area contributed by atoms with Crippen molar-refractivity contribution in [2.24, 2.45) is 34.0 Å². The molecule has 4 aliphatic rings. The Labute approximate surface area is 318 Å². The van der Waals surface area contributed by atoms with Crippen LogP contribution < -0.4 is 5.32 Å². The Balaban J connectivity index is 0.000000464. The van der Waals surface area contributed by atoms with Crippen molar-refractivity contribution in [2.45, 2.75) is 191 Å². The van der Waals surface area contributed by atoms with Crippen molar-refractivity contribution in [1.29, 1.82) is 0 Å². The molecule has 0 aromatic heterocycles. The van der Waals surface area contributed by atoms with Gasteiger partial charge < -0.3 is 5.32 Å². The fourth-order valence-electron chi connectivity index (χ4n) is 9.80. The number of Topliss-reactive ketones (excluding diaryl/α,β-unsaturated/α-hetero) is 4. The second-order valence-corrected chi connectivity index (χ2v) is 18.5. The topological polar surface area (TPSA) is 80.3 Å². The Bertz CT molecular complexity index is 1370. The van der Waals surface area contributed by atoms with Gasteiger partial charge in [-0.3, -0.25) is 19.2 Å². The molecule has 5 atom stereocenters. The second-order valence-electron chi connectivity index (χ2n) is 18.5. The van der Waals surface area contributed by atoms with Gasteiger partial charge in [-0.1, -0.05) is 106 Å². The number of hydrogen-bond acceptors (Lipinski definition) is 5. The summed E-state index contributed by atoms with van der Waals surface area (Å²) in [4.78, 5) is 58.7. The lowest BCUT2D eigenvalue weighted by Gasteiger charge is -2.62. The maximum absolute atomic E-state index is 15.0. The zero-order valence-corrected chi connectivity index (χ0v) is 35.1. The van der Waals surface area contributed by atoms with Crippen molar-refractivity contribution in [1.82, 2.24) is 5.32 Å². The third-order valence-corrected chi connectivity index (χ3v) is 12.8. The highest BCUT2D eigenvalue weighted by Gasteiger charge is 2.78. The number of ketones is 4. The zero-order chi connectivity index (χ0) is 38.9. The third kappa shape index (κ3) is 9.82. The Morgan fingerprint density at radius 3 is 1.63 bits per heavy atom. The molecular formula is C47H75NO4. The van der Waals surface area contributed by atoms with Gasteiger partial charge in [0.05, 0.1) is 11.3 Å². The highest BCUT2D eigenvalue weighted by molar-refractivity contribution is 6.38. The van der Waals surface area contributed by atoms with Crippen LogP contribution in [0.4, 0.5) is 0 Å². The van der Waals surface area contributed by atoms with Gasteiger partial charge in [-0.15, -0.1) is 0 Å². The summed E-state index contributed by atoms with van der Waals surface area (Å²) in [5, 5.41) is 3.86. The van der Waals surface area contributed by atoms with E-state index in [2.05, 4.69) is 17.5 Å². The SMILES string of the molecule is C1CCC(NC2CCCCC2)CC1.CC(C)=CCC[C@]1(C)[C@@H](CC=C(C)C)C[C@]2(CC=C(C)C)C(=O)C(CC=C(C)C)C(=O)[C@@]1(C(=O)C(C)C)C2=O. The van der Waals surface area contributed by atoms with Gasteiger partial charge in [0.1, 0.15) is 0 Å². The predicted molar refractivity (Wildman–Crippen MR) is 217 cm³/mol. The molecular weight excluding hydrogens is 643 g/mol. The summed E-state index contributed by atoms with van der Waals surface area (Å²) in [6.07, 6.45) is 25.4. The van der Waals surface area contributed by atoms with E-state index >= 15 is 0 Å². The summed E-state index contributed by atoms with van der Waals surface area (Å²) in [5.74, 6) is -3.14. The highest BCUT2D eigenvalue weighted by Crippen LogP contribution is 2.66. The summed E-state index contributed by atoms with van der Waals surface area (Å²) in [6.45, 7) is 21.5. The lowest BCUT2D eigenvalue weighted by molar-refractivity contribution is -0.190. The minimum Gasteiger partial charge on any atom is -0.311 e. The van der Waals surface area contributed by atoms with E-state index in [1.807, 2.05) is 74.5 Å². The molecule has 0 spiro atoms. The quantitative estimate of drug-likeness (QED) is 0.151. The van der Waals surface area contributed by atoms with Crippen LogP contribution in [0.1, 0.15) is 179 Å². The predicted octanol–water partition coefficient (Wildman–Crippen LogP) is 11.6. The standard InChI is InChI=1S/C35H52O4.C12H23N/c1-22(2)13-12-19-33(11)27(16-14-23(3)4)21-34(20-18-25(7)8)30(37)28(17-15-24(5)6)31(38)35(33,32(34)39)29(36)26(9)10;1-3-7-11(8-4-1)13-12-9-5-2-6-10-12/h13-15,18,26-28H,12,16-17,19-21H2,1-11H3;11-13H,1-10H2/t27-,28?,33+,34+,35-;/m0./s1. The lowest BCUT2D eigenvalue weighted by Crippen LogP contribution is -2.75. The summed E-state index contributed by atoms with van der Waals surface area (Å²) >= 11 is 0. The van der Waals surface area contributed by atoms with Crippen LogP contribution in [0, 0.1) is 34.0 Å². The summed E-state index contributed by atoms with van der Waals surface area (Å²) in [6, 6.07) is 1.74. The van der Waals surface area contributed by atoms with E-state index in [0.717, 1.165) is 34.4 Å². The van der Waals surface area contributed by atoms with E-state index in [-0.39, 0.29) is 30.3 Å². The highest BCUT2D eigenvalue weighted by atomic mass is 16.2. The van der Waals surface area contributed by atoms with Crippen LogP contribution in [0.25, 0.3) is 0 Å². The van der Waals surface area contributed by atoms with Crippen LogP contribution in [0.15, 0.2) is 46.6 Å². The molecule has 0 aliphatic heterocycles. The van der Waals surface area contributed by atoms with E-state index < -0.39 is 39.6 Å². The number of allylic oxidation sites excluding steroid dienone is 8. The summed E-state index contributed by atoms with van der Waals surface area (Å²) in [7, 11) is 0. The normalized spacial score (nSPS) is 29.5. The molecule has 4 rings (SSSR count). The minimum atomic E-state index is -1.83. The minimum absolute atomic E-state index is 0.166. The molecule has 1 N–H and O–H groups in total. The summed E-state index contributed by atoms with van der Waals surface area (Å²) in [5.41, 5.74) is 0.221. The van der Waals surface area contributed by atoms with Crippen LogP contribution in [0.5, 0.6) is 0 Å². The molecule has 2 bridgehead atoms. The molecule has 52 heavy (non-hydrogen) atoms. The number of fused-ring (bicyclic) bond motifs is 2. The smallest absolute Gasteiger partial charge is 0.168 e. The van der Waals surface area contributed by atoms with Gasteiger partial charge >= 0.3 is 0 Å². The van der Waals surface area contributed by atoms with Gasteiger partial charge in [-0.2, -0.15) is 0 Å². The van der Waals surface area contributed by atoms with Gasteiger partial charge in [0.2, 0.25) is 0 Å². The number of carbonyl (C=O) groups is 4. The molecule has 0 amide bonds. The molecule has 0 radical (unpaired) electrons. The Kier molecular flexibility index (Phi) is 16.3. The fourth-order valence-corrected chi connectivity index (χ4v) is 9.80. The van der Waals surface area contributed by atoms with Crippen LogP contribution in [-0.4, -0.2) is 35.2 Å². The van der Waals surface area contributed by atoms with Crippen molar-refractivity contribution < 1.29 is 19.2 Å². The van der Waals surface area contributed by atoms with E-state index in [9.17, 15) is 19.2 Å². The van der Waals surface area contributed by atoms with Gasteiger partial charge in [-0.25, -0.2) is 0 Å². The first-order chi connectivity index (χ1) is 24.4. The van der Waals surface area contributed by atoms with E-state index in [1.54, 1.807) is 13.8 Å². The fraction of sp³-hybridized carbons (Fsp3) is 0.745. The number of nitrogens with one attached hydrogen (secondary N) is 1. The second kappa shape index (κ2) is 19.3. The first kappa shape index (κ1) is 44.0. The molecule has 1 unspecified atom stereocenters. The van der Waals surface area contributed by atoms with Gasteiger partial charge in [0.15, 0.2) is 28.5 Å². The molecule has 4 saturated carbocycles. The maximum atomic E-state index is 15.0. The van der Waals surface area contributed by atoms with Crippen LogP contribution in [0.2, 0.25) is 0 Å². The first-order valence-electron chi connectivity index (χ1n) is 20.9. The summed E-state index contributed by atoms with van der Waals surface area (Å²) < 4.78 is 0. The largest absolute Gasteiger partial charge is 0.311 e. The van der Waals surface area contributed by atoms with E-state index in [4.69, 9.17) is 0 Å². The Hall–Kier alpha value is -2.40. The zero-order valence-electron chi connectivity index (χ0n) is 35.1. The molecule has 292 valence electrons. The monoisotopic (exact) mass is 718 g/mol. The molecule has 5 heteroatoms. The van der Waals surface area contributed by atoms with Gasteiger partial charge in [0.25, 0.3) is 0 Å². The number of hydrogen-bond donors (Lipinski definition) is 1. The number of rotatable bonds is 13. The molecule has 5 nitrogen and oxygen atoms in total. The molecule has 0 aromatic carbocycles. The maximum Gasteiger partial charge on any atom is 0.168 e. The van der Waals surface area contributed by atoms with Crippen LogP contribution in [0.3, 0.4) is 0 Å². The van der Waals surface area contributed by atoms with Gasteiger partial charge in [0, 0.05) is 18.0 Å². The third-order valence-electron chi connectivity index (χ3n) is 12.8. The van der Waals surface area contributed by atoms with E-state index in [1.165, 1.54) is 64.2 Å². The van der Waals surface area contributed by atoms with Crippen LogP contribution >= 0.6 is 0 Å². The first-order valence-corrected chi connectivity index (χ1v) is 20.9. The van der Waals surface area contributed by atoms with Crippen molar-refractivity contribution in [3.63, 3.8) is 0 Å². The Morgan fingerprint density at radius 1 is 0.692 bits per heavy atom. The van der Waals surface area contributed by atoms with Crippen molar-refractivity contribution in [3.05, 3.63) is 46.6 Å². The van der Waals surface area contributed by atoms with Crippen LogP contribution in [-0.2, 0) is 19.2 Å². The molecule has 4 fully saturated rings. The molecule has 0 saturated heterocycles. The van der Waals surface area contributed by atoms with Crippen molar-refractivity contribution in [3.8, 4) is 0 Å². The average Bonchev–Trinajstić information content (AvgIpc) is 3.08. The molecule has 0 heterocycles. The molecule has 4 aliphatic carbocycles. The van der Waals surface area contributed by atoms with Gasteiger partial charge in [-0.05, 0) is 131 Å². The average molecular weight is 718 g/mol. The lowest BCUT2D eigenvalue weighted by atomic mass is 9.36. The van der Waals surface area contributed by atoms with E-state index in [0.29, 0.717) is 25.7 Å².